The van der Waals surface area contributed by atoms with Gasteiger partial charge < -0.3 is 5.73 Å². The number of nitrogens with two attached hydrogens (primary N) is 1. The smallest absolute Gasteiger partial charge is 0.329 e. The van der Waals surface area contributed by atoms with Crippen LogP contribution in [0.3, 0.4) is 0 Å². The molecule has 2 aromatic rings. The first-order chi connectivity index (χ1) is 8.91. The van der Waals surface area contributed by atoms with Crippen LogP contribution in [0.25, 0.3) is 11.3 Å². The molecule has 0 aliphatic rings. The topological polar surface area (TPSA) is 56.7 Å². The minimum Gasteiger partial charge on any atom is -0.329 e. The Bertz CT molecular complexity index is 576. The average molecular weight is 274 g/mol. The van der Waals surface area contributed by atoms with Crippen LogP contribution in [-0.2, 0) is 12.7 Å². The van der Waals surface area contributed by atoms with Crippen LogP contribution in [0, 0.1) is 5.82 Å². The third-order valence-corrected chi connectivity index (χ3v) is 2.46. The van der Waals surface area contributed by atoms with E-state index in [-0.39, 0.29) is 11.3 Å². The molecule has 19 heavy (non-hydrogen) atoms. The second-order valence-electron chi connectivity index (χ2n) is 3.84. The lowest BCUT2D eigenvalue weighted by atomic mass is 10.0. The van der Waals surface area contributed by atoms with E-state index in [1.165, 1.54) is 10.9 Å². The lowest BCUT2D eigenvalue weighted by Gasteiger charge is -2.10. The summed E-state index contributed by atoms with van der Waals surface area (Å²) in [4.78, 5) is 0. The molecule has 8 heteroatoms. The average Bonchev–Trinajstić information content (AvgIpc) is 2.77. The minimum atomic E-state index is -4.66. The van der Waals surface area contributed by atoms with Crippen molar-refractivity contribution in [2.45, 2.75) is 12.7 Å². The zero-order chi connectivity index (χ0) is 14.0. The summed E-state index contributed by atoms with van der Waals surface area (Å²) in [6.07, 6.45) is -3.32. The van der Waals surface area contributed by atoms with E-state index in [0.717, 1.165) is 12.1 Å². The third kappa shape index (κ3) is 2.90. The van der Waals surface area contributed by atoms with Gasteiger partial charge in [0.05, 0.1) is 18.3 Å². The standard InChI is InChI=1S/C11H10F4N4/c12-7-1-2-8(9(5-7)11(13,14)15)10-6-19(4-3-16)18-17-10/h1-2,5-6H,3-4,16H2. The van der Waals surface area contributed by atoms with Crippen molar-refractivity contribution < 1.29 is 17.6 Å². The molecule has 0 unspecified atom stereocenters. The zero-order valence-electron chi connectivity index (χ0n) is 9.65. The van der Waals surface area contributed by atoms with Gasteiger partial charge in [-0.1, -0.05) is 5.21 Å². The molecule has 0 saturated heterocycles. The van der Waals surface area contributed by atoms with E-state index in [0.29, 0.717) is 19.2 Å². The van der Waals surface area contributed by atoms with E-state index in [1.54, 1.807) is 0 Å². The molecular weight excluding hydrogens is 264 g/mol. The third-order valence-electron chi connectivity index (χ3n) is 2.46. The number of rotatable bonds is 3. The van der Waals surface area contributed by atoms with Crippen molar-refractivity contribution in [2.75, 3.05) is 6.54 Å². The molecule has 4 nitrogen and oxygen atoms in total. The highest BCUT2D eigenvalue weighted by molar-refractivity contribution is 5.63. The van der Waals surface area contributed by atoms with Crippen LogP contribution in [-0.4, -0.2) is 21.5 Å². The highest BCUT2D eigenvalue weighted by atomic mass is 19.4. The van der Waals surface area contributed by atoms with Crippen LogP contribution < -0.4 is 5.73 Å². The number of hydrogen-bond acceptors (Lipinski definition) is 3. The number of aromatic nitrogens is 3. The van der Waals surface area contributed by atoms with Crippen LogP contribution in [0.4, 0.5) is 17.6 Å². The molecule has 1 aromatic heterocycles. The van der Waals surface area contributed by atoms with Crippen molar-refractivity contribution >= 4 is 0 Å². The van der Waals surface area contributed by atoms with Gasteiger partial charge in [0, 0.05) is 12.1 Å². The fourth-order valence-electron chi connectivity index (χ4n) is 1.64. The summed E-state index contributed by atoms with van der Waals surface area (Å²) in [6, 6.07) is 2.43. The molecule has 0 radical (unpaired) electrons. The summed E-state index contributed by atoms with van der Waals surface area (Å²) < 4.78 is 52.8. The quantitative estimate of drug-likeness (QED) is 0.872. The molecule has 0 fully saturated rings. The van der Waals surface area contributed by atoms with Gasteiger partial charge in [0.15, 0.2) is 0 Å². The Labute approximate surface area is 105 Å². The van der Waals surface area contributed by atoms with Gasteiger partial charge in [0.2, 0.25) is 0 Å². The molecule has 2 N–H and O–H groups in total. The predicted molar refractivity (Wildman–Crippen MR) is 59.5 cm³/mol. The molecule has 2 rings (SSSR count). The van der Waals surface area contributed by atoms with Crippen molar-refractivity contribution in [1.82, 2.24) is 15.0 Å². The number of benzene rings is 1. The summed E-state index contributed by atoms with van der Waals surface area (Å²) in [5, 5.41) is 7.30. The number of halogens is 4. The highest BCUT2D eigenvalue weighted by Gasteiger charge is 2.34. The van der Waals surface area contributed by atoms with Crippen LogP contribution in [0.5, 0.6) is 0 Å². The van der Waals surface area contributed by atoms with E-state index in [9.17, 15) is 17.6 Å². The van der Waals surface area contributed by atoms with Crippen LogP contribution in [0.2, 0.25) is 0 Å². The maximum Gasteiger partial charge on any atom is 0.417 e. The minimum absolute atomic E-state index is 0.0285. The Morgan fingerprint density at radius 2 is 2.00 bits per heavy atom. The Morgan fingerprint density at radius 3 is 2.63 bits per heavy atom. The molecule has 0 aliphatic heterocycles. The van der Waals surface area contributed by atoms with E-state index >= 15 is 0 Å². The van der Waals surface area contributed by atoms with Gasteiger partial charge >= 0.3 is 6.18 Å². The maximum atomic E-state index is 13.0. The van der Waals surface area contributed by atoms with Crippen molar-refractivity contribution in [3.05, 3.63) is 35.8 Å². The molecule has 0 spiro atoms. The van der Waals surface area contributed by atoms with Crippen LogP contribution in [0.1, 0.15) is 5.56 Å². The summed E-state index contributed by atoms with van der Waals surface area (Å²) >= 11 is 0. The first-order valence-electron chi connectivity index (χ1n) is 5.39. The van der Waals surface area contributed by atoms with Crippen molar-refractivity contribution in [3.8, 4) is 11.3 Å². The lowest BCUT2D eigenvalue weighted by Crippen LogP contribution is -2.10. The number of hydrogen-bond donors (Lipinski definition) is 1. The molecule has 0 amide bonds. The first kappa shape index (κ1) is 13.5. The van der Waals surface area contributed by atoms with E-state index in [4.69, 9.17) is 5.73 Å². The van der Waals surface area contributed by atoms with E-state index < -0.39 is 17.6 Å². The first-order valence-corrected chi connectivity index (χ1v) is 5.39. The summed E-state index contributed by atoms with van der Waals surface area (Å²) in [6.45, 7) is 0.633. The Balaban J connectivity index is 2.48. The fourth-order valence-corrected chi connectivity index (χ4v) is 1.64. The monoisotopic (exact) mass is 274 g/mol. The van der Waals surface area contributed by atoms with E-state index in [1.807, 2.05) is 0 Å². The summed E-state index contributed by atoms with van der Waals surface area (Å²) in [5.74, 6) is -0.953. The van der Waals surface area contributed by atoms with Gasteiger partial charge in [0.25, 0.3) is 0 Å². The highest BCUT2D eigenvalue weighted by Crippen LogP contribution is 2.36. The summed E-state index contributed by atoms with van der Waals surface area (Å²) in [5.41, 5.74) is 4.05. The van der Waals surface area contributed by atoms with Crippen LogP contribution >= 0.6 is 0 Å². The SMILES string of the molecule is NCCn1cc(-c2ccc(F)cc2C(F)(F)F)nn1. The molecule has 0 bridgehead atoms. The van der Waals surface area contributed by atoms with Gasteiger partial charge in [0.1, 0.15) is 11.5 Å². The maximum absolute atomic E-state index is 13.0. The fraction of sp³-hybridized carbons (Fsp3) is 0.273. The molecule has 0 atom stereocenters. The van der Waals surface area contributed by atoms with Gasteiger partial charge in [-0.25, -0.2) is 4.39 Å². The van der Waals surface area contributed by atoms with Crippen molar-refractivity contribution in [3.63, 3.8) is 0 Å². The Morgan fingerprint density at radius 1 is 1.26 bits per heavy atom. The molecule has 0 aliphatic carbocycles. The predicted octanol–water partition coefficient (Wildman–Crippen LogP) is 2.06. The lowest BCUT2D eigenvalue weighted by molar-refractivity contribution is -0.137. The van der Waals surface area contributed by atoms with Crippen molar-refractivity contribution in [2.24, 2.45) is 5.73 Å². The largest absolute Gasteiger partial charge is 0.417 e. The Hall–Kier alpha value is -1.96. The second kappa shape index (κ2) is 4.96. The Kier molecular flexibility index (Phi) is 3.52. The number of nitrogens with zero attached hydrogens (tertiary/aromatic N) is 3. The molecule has 102 valence electrons. The molecule has 0 saturated carbocycles. The number of alkyl halides is 3. The van der Waals surface area contributed by atoms with Gasteiger partial charge in [-0.3, -0.25) is 4.68 Å². The zero-order valence-corrected chi connectivity index (χ0v) is 9.65. The summed E-state index contributed by atoms with van der Waals surface area (Å²) in [7, 11) is 0. The van der Waals surface area contributed by atoms with E-state index in [2.05, 4.69) is 10.3 Å². The van der Waals surface area contributed by atoms with Crippen LogP contribution in [0.15, 0.2) is 24.4 Å². The molecule has 1 heterocycles. The van der Waals surface area contributed by atoms with Crippen molar-refractivity contribution in [1.29, 1.82) is 0 Å². The second-order valence-corrected chi connectivity index (χ2v) is 3.84. The van der Waals surface area contributed by atoms with Gasteiger partial charge in [-0.05, 0) is 18.2 Å². The van der Waals surface area contributed by atoms with Gasteiger partial charge in [-0.2, -0.15) is 13.2 Å². The normalized spacial score (nSPS) is 11.8. The molecular formula is C11H10F4N4. The van der Waals surface area contributed by atoms with Gasteiger partial charge in [-0.15, -0.1) is 5.10 Å². The molecule has 1 aromatic carbocycles.